The second-order valence-electron chi connectivity index (χ2n) is 4.43. The molecule has 2 heterocycles. The molecule has 4 heteroatoms. The van der Waals surface area contributed by atoms with Gasteiger partial charge in [0.05, 0.1) is 5.69 Å². The normalized spacial score (nSPS) is 15.0. The minimum absolute atomic E-state index is 0.478. The van der Waals surface area contributed by atoms with Gasteiger partial charge in [0.1, 0.15) is 12.1 Å². The molecule has 4 nitrogen and oxygen atoms in total. The van der Waals surface area contributed by atoms with E-state index in [4.69, 9.17) is 0 Å². The summed E-state index contributed by atoms with van der Waals surface area (Å²) in [5.41, 5.74) is 2.49. The molecular weight excluding hydrogens is 200 g/mol. The summed E-state index contributed by atoms with van der Waals surface area (Å²) in [6.07, 6.45) is 2.71. The fourth-order valence-corrected chi connectivity index (χ4v) is 2.26. The van der Waals surface area contributed by atoms with Gasteiger partial charge in [0.25, 0.3) is 0 Å². The van der Waals surface area contributed by atoms with E-state index < -0.39 is 0 Å². The van der Waals surface area contributed by atoms with Crippen molar-refractivity contribution < 1.29 is 0 Å². The number of nitrogens with zero attached hydrogens (tertiary/aromatic N) is 3. The molecule has 16 heavy (non-hydrogen) atoms. The van der Waals surface area contributed by atoms with Crippen molar-refractivity contribution in [1.82, 2.24) is 15.3 Å². The Balaban J connectivity index is 2.39. The molecule has 1 N–H and O–H groups in total. The van der Waals surface area contributed by atoms with E-state index in [2.05, 4.69) is 41.0 Å². The highest BCUT2D eigenvalue weighted by Crippen LogP contribution is 2.23. The third-order valence-electron chi connectivity index (χ3n) is 3.09. The van der Waals surface area contributed by atoms with Crippen LogP contribution in [0.4, 0.5) is 5.82 Å². The van der Waals surface area contributed by atoms with E-state index in [1.54, 1.807) is 6.33 Å². The first-order valence-corrected chi connectivity index (χ1v) is 6.04. The Hall–Kier alpha value is -1.16. The quantitative estimate of drug-likeness (QED) is 0.835. The zero-order valence-electron chi connectivity index (χ0n) is 10.3. The molecule has 1 aliphatic rings. The van der Waals surface area contributed by atoms with Crippen LogP contribution >= 0.6 is 0 Å². The lowest BCUT2D eigenvalue weighted by Crippen LogP contribution is -2.35. The smallest absolute Gasteiger partial charge is 0.136 e. The summed E-state index contributed by atoms with van der Waals surface area (Å²) in [5.74, 6) is 1.11. The number of fused-ring (bicyclic) bond motifs is 1. The molecule has 1 aliphatic heterocycles. The van der Waals surface area contributed by atoms with Crippen LogP contribution in [0, 0.1) is 0 Å². The van der Waals surface area contributed by atoms with E-state index in [-0.39, 0.29) is 0 Å². The summed E-state index contributed by atoms with van der Waals surface area (Å²) in [6.45, 7) is 9.49. The van der Waals surface area contributed by atoms with Crippen LogP contribution in [0.3, 0.4) is 0 Å². The minimum atomic E-state index is 0.478. The molecule has 0 radical (unpaired) electrons. The maximum atomic E-state index is 4.46. The summed E-state index contributed by atoms with van der Waals surface area (Å²) in [7, 11) is 0. The van der Waals surface area contributed by atoms with Gasteiger partial charge in [0, 0.05) is 37.7 Å². The Morgan fingerprint density at radius 1 is 1.44 bits per heavy atom. The summed E-state index contributed by atoms with van der Waals surface area (Å²) >= 11 is 0. The summed E-state index contributed by atoms with van der Waals surface area (Å²) < 4.78 is 0. The molecule has 2 rings (SSSR count). The van der Waals surface area contributed by atoms with E-state index in [0.717, 1.165) is 31.9 Å². The molecule has 0 amide bonds. The molecule has 0 spiro atoms. The van der Waals surface area contributed by atoms with E-state index in [9.17, 15) is 0 Å². The van der Waals surface area contributed by atoms with Crippen LogP contribution in [0.15, 0.2) is 6.33 Å². The molecule has 1 aromatic rings. The lowest BCUT2D eigenvalue weighted by atomic mass is 10.1. The molecule has 0 aliphatic carbocycles. The van der Waals surface area contributed by atoms with Crippen LogP contribution in [0.25, 0.3) is 0 Å². The summed E-state index contributed by atoms with van der Waals surface area (Å²) in [6, 6.07) is 0.478. The summed E-state index contributed by atoms with van der Waals surface area (Å²) in [5, 5.41) is 3.39. The van der Waals surface area contributed by atoms with Crippen molar-refractivity contribution in [3.63, 3.8) is 0 Å². The lowest BCUT2D eigenvalue weighted by molar-refractivity contribution is 0.611. The molecule has 1 aromatic heterocycles. The predicted molar refractivity (Wildman–Crippen MR) is 65.6 cm³/mol. The van der Waals surface area contributed by atoms with Gasteiger partial charge in [-0.15, -0.1) is 0 Å². The van der Waals surface area contributed by atoms with E-state index >= 15 is 0 Å². The van der Waals surface area contributed by atoms with Crippen LogP contribution in [0.1, 0.15) is 32.0 Å². The molecule has 0 bridgehead atoms. The summed E-state index contributed by atoms with van der Waals surface area (Å²) in [4.78, 5) is 11.2. The van der Waals surface area contributed by atoms with Crippen LogP contribution < -0.4 is 10.2 Å². The Bertz CT molecular complexity index is 362. The average molecular weight is 220 g/mol. The van der Waals surface area contributed by atoms with Gasteiger partial charge in [-0.3, -0.25) is 0 Å². The number of hydrogen-bond donors (Lipinski definition) is 1. The number of anilines is 1. The monoisotopic (exact) mass is 220 g/mol. The second-order valence-corrected chi connectivity index (χ2v) is 4.43. The Morgan fingerprint density at radius 2 is 2.25 bits per heavy atom. The lowest BCUT2D eigenvalue weighted by Gasteiger charge is -2.30. The van der Waals surface area contributed by atoms with Crippen molar-refractivity contribution in [3.05, 3.63) is 17.6 Å². The van der Waals surface area contributed by atoms with Gasteiger partial charge in [-0.25, -0.2) is 9.97 Å². The fourth-order valence-electron chi connectivity index (χ4n) is 2.26. The maximum Gasteiger partial charge on any atom is 0.136 e. The second kappa shape index (κ2) is 4.78. The van der Waals surface area contributed by atoms with Crippen molar-refractivity contribution in [3.8, 4) is 0 Å². The predicted octanol–water partition coefficient (Wildman–Crippen LogP) is 1.36. The van der Waals surface area contributed by atoms with Gasteiger partial charge in [-0.1, -0.05) is 0 Å². The largest absolute Gasteiger partial charge is 0.354 e. The zero-order valence-corrected chi connectivity index (χ0v) is 10.3. The van der Waals surface area contributed by atoms with Crippen molar-refractivity contribution in [2.24, 2.45) is 0 Å². The Kier molecular flexibility index (Phi) is 3.39. The van der Waals surface area contributed by atoms with Gasteiger partial charge >= 0.3 is 0 Å². The van der Waals surface area contributed by atoms with Gasteiger partial charge in [-0.2, -0.15) is 0 Å². The van der Waals surface area contributed by atoms with Gasteiger partial charge < -0.3 is 10.2 Å². The first-order chi connectivity index (χ1) is 7.74. The van der Waals surface area contributed by atoms with Crippen molar-refractivity contribution in [2.45, 2.75) is 39.8 Å². The number of aromatic nitrogens is 2. The Labute approximate surface area is 97.1 Å². The highest BCUT2D eigenvalue weighted by Gasteiger charge is 2.19. The van der Waals surface area contributed by atoms with Gasteiger partial charge in [-0.05, 0) is 20.8 Å². The van der Waals surface area contributed by atoms with E-state index in [1.165, 1.54) is 11.3 Å². The molecule has 0 unspecified atom stereocenters. The van der Waals surface area contributed by atoms with Crippen LogP contribution in [0.2, 0.25) is 0 Å². The molecule has 0 saturated heterocycles. The fraction of sp³-hybridized carbons (Fsp3) is 0.667. The zero-order chi connectivity index (χ0) is 11.5. The van der Waals surface area contributed by atoms with Crippen LogP contribution in [-0.4, -0.2) is 29.1 Å². The number of nitrogens with one attached hydrogen (secondary N) is 1. The van der Waals surface area contributed by atoms with Crippen molar-refractivity contribution >= 4 is 5.82 Å². The van der Waals surface area contributed by atoms with Crippen molar-refractivity contribution in [2.75, 3.05) is 18.0 Å². The van der Waals surface area contributed by atoms with Crippen LogP contribution in [0.5, 0.6) is 0 Å². The first kappa shape index (κ1) is 11.3. The first-order valence-electron chi connectivity index (χ1n) is 6.04. The maximum absolute atomic E-state index is 4.46. The molecular formula is C12H20N4. The topological polar surface area (TPSA) is 41.1 Å². The molecule has 88 valence electrons. The Morgan fingerprint density at radius 3 is 2.94 bits per heavy atom. The van der Waals surface area contributed by atoms with E-state index in [0.29, 0.717) is 6.04 Å². The highest BCUT2D eigenvalue weighted by molar-refractivity contribution is 5.50. The molecule has 0 aromatic carbocycles. The molecule has 0 saturated carbocycles. The standard InChI is InChI=1S/C12H20N4/c1-4-16(9(2)3)12-10-7-13-6-5-11(10)14-8-15-12/h8-9,13H,4-7H2,1-3H3. The molecule has 0 atom stereocenters. The average Bonchev–Trinajstić information content (AvgIpc) is 2.30. The van der Waals surface area contributed by atoms with Gasteiger partial charge in [0.2, 0.25) is 0 Å². The SMILES string of the molecule is CCN(c1ncnc2c1CNCC2)C(C)C. The number of rotatable bonds is 3. The van der Waals surface area contributed by atoms with Gasteiger partial charge in [0.15, 0.2) is 0 Å². The number of hydrogen-bond acceptors (Lipinski definition) is 4. The molecule has 0 fully saturated rings. The third kappa shape index (κ3) is 2.02. The van der Waals surface area contributed by atoms with Crippen LogP contribution in [-0.2, 0) is 13.0 Å². The van der Waals surface area contributed by atoms with Crippen molar-refractivity contribution in [1.29, 1.82) is 0 Å². The third-order valence-corrected chi connectivity index (χ3v) is 3.09. The minimum Gasteiger partial charge on any atom is -0.354 e. The highest BCUT2D eigenvalue weighted by atomic mass is 15.2. The van der Waals surface area contributed by atoms with E-state index in [1.807, 2.05) is 0 Å².